The van der Waals surface area contributed by atoms with Crippen molar-refractivity contribution >= 4 is 5.96 Å². The Kier molecular flexibility index (Phi) is 7.65. The van der Waals surface area contributed by atoms with E-state index in [2.05, 4.69) is 61.8 Å². The Balaban J connectivity index is 1.28. The van der Waals surface area contributed by atoms with Crippen LogP contribution >= 0.6 is 0 Å². The summed E-state index contributed by atoms with van der Waals surface area (Å²) in [6.45, 7) is 9.35. The lowest BCUT2D eigenvalue weighted by Crippen LogP contribution is -2.42. The van der Waals surface area contributed by atoms with Crippen molar-refractivity contribution in [2.75, 3.05) is 39.8 Å². The summed E-state index contributed by atoms with van der Waals surface area (Å²) < 4.78 is 5.97. The zero-order valence-electron chi connectivity index (χ0n) is 19.1. The molecule has 3 heterocycles. The number of furan rings is 1. The Morgan fingerprint density at radius 1 is 0.935 bits per heavy atom. The number of guanidine groups is 1. The van der Waals surface area contributed by atoms with E-state index in [0.717, 1.165) is 50.2 Å². The van der Waals surface area contributed by atoms with Crippen molar-refractivity contribution in [3.8, 4) is 0 Å². The van der Waals surface area contributed by atoms with Gasteiger partial charge in [0.05, 0.1) is 6.04 Å². The Hall–Kier alpha value is -2.31. The Bertz CT molecular complexity index is 832. The topological polar surface area (TPSA) is 56.0 Å². The first kappa shape index (κ1) is 21.9. The minimum absolute atomic E-state index is 0.236. The van der Waals surface area contributed by atoms with Crippen LogP contribution in [0.5, 0.6) is 0 Å². The highest BCUT2D eigenvalue weighted by Gasteiger charge is 2.26. The number of hydrogen-bond donors (Lipinski definition) is 2. The zero-order valence-corrected chi connectivity index (χ0v) is 19.1. The quantitative estimate of drug-likeness (QED) is 0.501. The summed E-state index contributed by atoms with van der Waals surface area (Å²) in [6.07, 6.45) is 5.20. The van der Waals surface area contributed by atoms with Crippen LogP contribution in [0.4, 0.5) is 0 Å². The molecule has 0 bridgehead atoms. The monoisotopic (exact) mass is 423 g/mol. The van der Waals surface area contributed by atoms with Crippen LogP contribution in [-0.4, -0.2) is 55.5 Å². The molecule has 6 heteroatoms. The second-order valence-corrected chi connectivity index (χ2v) is 8.81. The van der Waals surface area contributed by atoms with Crippen LogP contribution in [0, 0.1) is 6.92 Å². The summed E-state index contributed by atoms with van der Waals surface area (Å²) in [4.78, 5) is 9.47. The molecule has 2 fully saturated rings. The van der Waals surface area contributed by atoms with Crippen molar-refractivity contribution in [3.63, 3.8) is 0 Å². The molecule has 1 unspecified atom stereocenters. The molecule has 2 aliphatic heterocycles. The number of aliphatic imine (C=N–C) groups is 1. The highest BCUT2D eigenvalue weighted by molar-refractivity contribution is 5.79. The fraction of sp³-hybridized carbons (Fsp3) is 0.560. The van der Waals surface area contributed by atoms with Gasteiger partial charge in [0.15, 0.2) is 5.96 Å². The van der Waals surface area contributed by atoms with Crippen LogP contribution in [0.15, 0.2) is 45.8 Å². The predicted octanol–water partition coefficient (Wildman–Crippen LogP) is 3.69. The lowest BCUT2D eigenvalue weighted by molar-refractivity contribution is 0.213. The van der Waals surface area contributed by atoms with Crippen molar-refractivity contribution in [2.24, 2.45) is 4.99 Å². The molecule has 0 spiro atoms. The molecular weight excluding hydrogens is 386 g/mol. The first-order chi connectivity index (χ1) is 15.2. The number of rotatable bonds is 8. The summed E-state index contributed by atoms with van der Waals surface area (Å²) in [5, 5.41) is 6.97. The van der Waals surface area contributed by atoms with Gasteiger partial charge in [-0.05, 0) is 82.0 Å². The highest BCUT2D eigenvalue weighted by atomic mass is 16.3. The number of likely N-dealkylation sites (tertiary alicyclic amines) is 2. The van der Waals surface area contributed by atoms with E-state index in [4.69, 9.17) is 4.42 Å². The third-order valence-electron chi connectivity index (χ3n) is 6.45. The van der Waals surface area contributed by atoms with Crippen LogP contribution in [0.2, 0.25) is 0 Å². The molecule has 4 rings (SSSR count). The van der Waals surface area contributed by atoms with Gasteiger partial charge in [-0.25, -0.2) is 0 Å². The second kappa shape index (κ2) is 10.8. The van der Waals surface area contributed by atoms with Crippen molar-refractivity contribution < 1.29 is 4.42 Å². The number of hydrogen-bond acceptors (Lipinski definition) is 4. The number of benzene rings is 1. The molecule has 0 saturated carbocycles. The summed E-state index contributed by atoms with van der Waals surface area (Å²) >= 11 is 0. The summed E-state index contributed by atoms with van der Waals surface area (Å²) in [6, 6.07) is 13.4. The Labute approximate surface area is 186 Å². The highest BCUT2D eigenvalue weighted by Crippen LogP contribution is 2.26. The average molecular weight is 424 g/mol. The second-order valence-electron chi connectivity index (χ2n) is 8.81. The third kappa shape index (κ3) is 6.11. The molecule has 168 valence electrons. The van der Waals surface area contributed by atoms with E-state index >= 15 is 0 Å². The zero-order chi connectivity index (χ0) is 21.5. The molecule has 0 amide bonds. The Morgan fingerprint density at radius 2 is 1.61 bits per heavy atom. The first-order valence-electron chi connectivity index (χ1n) is 11.8. The fourth-order valence-electron chi connectivity index (χ4n) is 4.66. The van der Waals surface area contributed by atoms with Crippen LogP contribution in [0.1, 0.15) is 54.4 Å². The van der Waals surface area contributed by atoms with Crippen LogP contribution in [0.3, 0.4) is 0 Å². The number of nitrogens with one attached hydrogen (secondary N) is 2. The minimum Gasteiger partial charge on any atom is -0.465 e. The molecule has 0 aliphatic carbocycles. The molecule has 31 heavy (non-hydrogen) atoms. The van der Waals surface area contributed by atoms with Gasteiger partial charge >= 0.3 is 0 Å². The van der Waals surface area contributed by atoms with Crippen molar-refractivity contribution in [3.05, 3.63) is 59.0 Å². The molecular formula is C25H37N5O. The average Bonchev–Trinajstić information content (AvgIpc) is 3.56. The SMILES string of the molecule is CN=C(NCc1ccc(CN2CCCC2)cc1)NCC(c1ccc(C)o1)N1CCCC1. The van der Waals surface area contributed by atoms with E-state index in [1.54, 1.807) is 0 Å². The fourth-order valence-corrected chi connectivity index (χ4v) is 4.66. The summed E-state index contributed by atoms with van der Waals surface area (Å²) in [5.41, 5.74) is 2.67. The predicted molar refractivity (Wildman–Crippen MR) is 126 cm³/mol. The number of nitrogens with zero attached hydrogens (tertiary/aromatic N) is 3. The maximum atomic E-state index is 5.97. The van der Waals surface area contributed by atoms with Gasteiger partial charge in [0.2, 0.25) is 0 Å². The lowest BCUT2D eigenvalue weighted by Gasteiger charge is -2.26. The normalized spacial score (nSPS) is 19.1. The molecule has 6 nitrogen and oxygen atoms in total. The molecule has 0 radical (unpaired) electrons. The molecule has 2 saturated heterocycles. The van der Waals surface area contributed by atoms with E-state index in [0.29, 0.717) is 0 Å². The molecule has 1 aromatic heterocycles. The van der Waals surface area contributed by atoms with Gasteiger partial charge in [-0.15, -0.1) is 0 Å². The first-order valence-corrected chi connectivity index (χ1v) is 11.8. The largest absolute Gasteiger partial charge is 0.465 e. The van der Waals surface area contributed by atoms with Gasteiger partial charge in [0.1, 0.15) is 11.5 Å². The van der Waals surface area contributed by atoms with Gasteiger partial charge in [-0.3, -0.25) is 14.8 Å². The summed E-state index contributed by atoms with van der Waals surface area (Å²) in [7, 11) is 1.83. The van der Waals surface area contributed by atoms with Gasteiger partial charge in [0.25, 0.3) is 0 Å². The van der Waals surface area contributed by atoms with Crippen molar-refractivity contribution in [1.82, 2.24) is 20.4 Å². The van der Waals surface area contributed by atoms with Crippen LogP contribution in [-0.2, 0) is 13.1 Å². The molecule has 2 aromatic rings. The molecule has 1 aromatic carbocycles. The maximum Gasteiger partial charge on any atom is 0.191 e. The van der Waals surface area contributed by atoms with Gasteiger partial charge in [-0.1, -0.05) is 24.3 Å². The van der Waals surface area contributed by atoms with E-state index in [-0.39, 0.29) is 6.04 Å². The Morgan fingerprint density at radius 3 is 2.26 bits per heavy atom. The van der Waals surface area contributed by atoms with Gasteiger partial charge < -0.3 is 15.1 Å². The van der Waals surface area contributed by atoms with Crippen LogP contribution < -0.4 is 10.6 Å². The van der Waals surface area contributed by atoms with Gasteiger partial charge in [0, 0.05) is 26.7 Å². The van der Waals surface area contributed by atoms with Crippen molar-refractivity contribution in [1.29, 1.82) is 0 Å². The standard InChI is InChI=1S/C25H37N5O/c1-20-7-12-24(31-20)23(30-15-5-6-16-30)18-28-25(26-2)27-17-21-8-10-22(11-9-21)19-29-13-3-4-14-29/h7-12,23H,3-6,13-19H2,1-2H3,(H2,26,27,28). The van der Waals surface area contributed by atoms with E-state index < -0.39 is 0 Å². The molecule has 1 atom stereocenters. The molecule has 2 N–H and O–H groups in total. The van der Waals surface area contributed by atoms with E-state index in [1.165, 1.54) is 49.9 Å². The summed E-state index contributed by atoms with van der Waals surface area (Å²) in [5.74, 6) is 2.83. The third-order valence-corrected chi connectivity index (χ3v) is 6.45. The lowest BCUT2D eigenvalue weighted by atomic mass is 10.1. The smallest absolute Gasteiger partial charge is 0.191 e. The van der Waals surface area contributed by atoms with Crippen LogP contribution in [0.25, 0.3) is 0 Å². The van der Waals surface area contributed by atoms with Crippen molar-refractivity contribution in [2.45, 2.75) is 51.7 Å². The number of aryl methyl sites for hydroxylation is 1. The van der Waals surface area contributed by atoms with E-state index in [9.17, 15) is 0 Å². The molecule has 2 aliphatic rings. The van der Waals surface area contributed by atoms with Gasteiger partial charge in [-0.2, -0.15) is 0 Å². The minimum atomic E-state index is 0.236. The maximum absolute atomic E-state index is 5.97. The van der Waals surface area contributed by atoms with E-state index in [1.807, 2.05) is 14.0 Å².